The molecule has 0 N–H and O–H groups in total. The Morgan fingerprint density at radius 2 is 1.61 bits per heavy atom. The molecule has 6 nitrogen and oxygen atoms in total. The summed E-state index contributed by atoms with van der Waals surface area (Å²) < 4.78 is 5.49. The fourth-order valence-electron chi connectivity index (χ4n) is 4.83. The van der Waals surface area contributed by atoms with Crippen LogP contribution in [0, 0.1) is 5.92 Å². The van der Waals surface area contributed by atoms with Gasteiger partial charge in [0, 0.05) is 57.8 Å². The Hall–Kier alpha value is -2.86. The van der Waals surface area contributed by atoms with Gasteiger partial charge in [-0.3, -0.25) is 9.59 Å². The molecule has 0 saturated carbocycles. The molecule has 0 atom stereocenters. The smallest absolute Gasteiger partial charge is 0.225 e. The fraction of sp³-hybridized carbons (Fsp3) is 0.481. The highest BCUT2D eigenvalue weighted by Crippen LogP contribution is 2.25. The monoisotopic (exact) mass is 449 g/mol. The summed E-state index contributed by atoms with van der Waals surface area (Å²) >= 11 is 0. The van der Waals surface area contributed by atoms with Gasteiger partial charge in [-0.25, -0.2) is 0 Å². The van der Waals surface area contributed by atoms with E-state index in [0.29, 0.717) is 26.1 Å². The van der Waals surface area contributed by atoms with Gasteiger partial charge in [-0.1, -0.05) is 48.5 Å². The summed E-state index contributed by atoms with van der Waals surface area (Å²) in [5.41, 5.74) is 3.55. The van der Waals surface area contributed by atoms with Crippen LogP contribution in [-0.2, 0) is 27.3 Å². The van der Waals surface area contributed by atoms with Crippen molar-refractivity contribution in [2.24, 2.45) is 5.92 Å². The standard InChI is InChI=1S/C27H35N3O3/c1-28(21-24-9-5-6-10-25(24)29-17-19-33-20-18-29)27(32)23-13-15-30(16-14-23)26(31)12-11-22-7-3-2-4-8-22/h2-10,23H,11-21H2,1H3. The normalized spacial score (nSPS) is 17.1. The zero-order chi connectivity index (χ0) is 23.0. The summed E-state index contributed by atoms with van der Waals surface area (Å²) in [4.78, 5) is 31.9. The maximum Gasteiger partial charge on any atom is 0.225 e. The number of benzene rings is 2. The Balaban J connectivity index is 1.27. The van der Waals surface area contributed by atoms with E-state index in [1.165, 1.54) is 16.8 Å². The van der Waals surface area contributed by atoms with E-state index in [9.17, 15) is 9.59 Å². The molecule has 176 valence electrons. The lowest BCUT2D eigenvalue weighted by Crippen LogP contribution is -2.43. The number of piperidine rings is 1. The number of aryl methyl sites for hydroxylation is 1. The molecule has 0 unspecified atom stereocenters. The van der Waals surface area contributed by atoms with Gasteiger partial charge in [-0.2, -0.15) is 0 Å². The summed E-state index contributed by atoms with van der Waals surface area (Å²) in [6, 6.07) is 18.5. The third-order valence-corrected chi connectivity index (χ3v) is 6.79. The van der Waals surface area contributed by atoms with E-state index in [1.807, 2.05) is 41.1 Å². The van der Waals surface area contributed by atoms with Crippen LogP contribution >= 0.6 is 0 Å². The molecular formula is C27H35N3O3. The SMILES string of the molecule is CN(Cc1ccccc1N1CCOCC1)C(=O)C1CCN(C(=O)CCc2ccccc2)CC1. The number of morpholine rings is 1. The second-order valence-electron chi connectivity index (χ2n) is 9.06. The number of likely N-dealkylation sites (tertiary alicyclic amines) is 1. The first kappa shape index (κ1) is 23.3. The van der Waals surface area contributed by atoms with E-state index >= 15 is 0 Å². The molecule has 2 fully saturated rings. The minimum absolute atomic E-state index is 0.0104. The van der Waals surface area contributed by atoms with Crippen molar-refractivity contribution >= 4 is 17.5 Å². The number of anilines is 1. The van der Waals surface area contributed by atoms with Gasteiger partial charge in [0.05, 0.1) is 13.2 Å². The van der Waals surface area contributed by atoms with Crippen molar-refractivity contribution in [2.75, 3.05) is 51.3 Å². The molecule has 6 heteroatoms. The Morgan fingerprint density at radius 3 is 2.33 bits per heavy atom. The third kappa shape index (κ3) is 6.14. The fourth-order valence-corrected chi connectivity index (χ4v) is 4.83. The molecule has 2 amide bonds. The quantitative estimate of drug-likeness (QED) is 0.651. The number of nitrogens with zero attached hydrogens (tertiary/aromatic N) is 3. The Kier molecular flexibility index (Phi) is 8.00. The largest absolute Gasteiger partial charge is 0.378 e. The van der Waals surface area contributed by atoms with Crippen LogP contribution in [0.1, 0.15) is 30.4 Å². The molecule has 2 saturated heterocycles. The minimum Gasteiger partial charge on any atom is -0.378 e. The lowest BCUT2D eigenvalue weighted by atomic mass is 9.94. The van der Waals surface area contributed by atoms with Gasteiger partial charge >= 0.3 is 0 Å². The number of carbonyl (C=O) groups excluding carboxylic acids is 2. The second-order valence-corrected chi connectivity index (χ2v) is 9.06. The van der Waals surface area contributed by atoms with Crippen LogP contribution in [-0.4, -0.2) is 68.1 Å². The first-order valence-electron chi connectivity index (χ1n) is 12.1. The minimum atomic E-state index is -0.0104. The van der Waals surface area contributed by atoms with Crippen molar-refractivity contribution in [2.45, 2.75) is 32.2 Å². The summed E-state index contributed by atoms with van der Waals surface area (Å²) in [7, 11) is 1.90. The number of ether oxygens (including phenoxy) is 1. The second kappa shape index (κ2) is 11.3. The molecular weight excluding hydrogens is 414 g/mol. The molecule has 2 aliphatic rings. The van der Waals surface area contributed by atoms with Crippen LogP contribution in [0.4, 0.5) is 5.69 Å². The lowest BCUT2D eigenvalue weighted by molar-refractivity contribution is -0.140. The van der Waals surface area contributed by atoms with Crippen molar-refractivity contribution < 1.29 is 14.3 Å². The van der Waals surface area contributed by atoms with Crippen molar-refractivity contribution in [1.82, 2.24) is 9.80 Å². The number of amides is 2. The van der Waals surface area contributed by atoms with Crippen molar-refractivity contribution in [1.29, 1.82) is 0 Å². The van der Waals surface area contributed by atoms with Gasteiger partial charge in [0.1, 0.15) is 0 Å². The van der Waals surface area contributed by atoms with Crippen molar-refractivity contribution in [3.63, 3.8) is 0 Å². The average molecular weight is 450 g/mol. The number of hydrogen-bond donors (Lipinski definition) is 0. The molecule has 0 aliphatic carbocycles. The maximum atomic E-state index is 13.2. The molecule has 0 aromatic heterocycles. The Morgan fingerprint density at radius 1 is 0.939 bits per heavy atom. The first-order valence-corrected chi connectivity index (χ1v) is 12.1. The van der Waals surface area contributed by atoms with Crippen LogP contribution < -0.4 is 4.90 Å². The molecule has 0 radical (unpaired) electrons. The van der Waals surface area contributed by atoms with E-state index in [1.54, 1.807) is 0 Å². The average Bonchev–Trinajstić information content (AvgIpc) is 2.88. The number of carbonyl (C=O) groups is 2. The molecule has 4 rings (SSSR count). The molecule has 2 aromatic rings. The van der Waals surface area contributed by atoms with Crippen LogP contribution in [0.15, 0.2) is 54.6 Å². The molecule has 0 bridgehead atoms. The Bertz CT molecular complexity index is 919. The van der Waals surface area contributed by atoms with E-state index < -0.39 is 0 Å². The van der Waals surface area contributed by atoms with Gasteiger partial charge in [0.15, 0.2) is 0 Å². The van der Waals surface area contributed by atoms with E-state index in [0.717, 1.165) is 45.6 Å². The van der Waals surface area contributed by atoms with Gasteiger partial charge < -0.3 is 19.4 Å². The molecule has 0 spiro atoms. The van der Waals surface area contributed by atoms with E-state index in [4.69, 9.17) is 4.74 Å². The van der Waals surface area contributed by atoms with E-state index in [-0.39, 0.29) is 17.7 Å². The first-order chi connectivity index (χ1) is 16.1. The molecule has 33 heavy (non-hydrogen) atoms. The number of hydrogen-bond acceptors (Lipinski definition) is 4. The molecule has 2 aromatic carbocycles. The number of rotatable bonds is 7. The van der Waals surface area contributed by atoms with Gasteiger partial charge in [-0.05, 0) is 36.5 Å². The van der Waals surface area contributed by atoms with Crippen LogP contribution in [0.5, 0.6) is 0 Å². The predicted molar refractivity (Wildman–Crippen MR) is 130 cm³/mol. The van der Waals surface area contributed by atoms with Crippen LogP contribution in [0.2, 0.25) is 0 Å². The number of para-hydroxylation sites is 1. The van der Waals surface area contributed by atoms with Gasteiger partial charge in [0.2, 0.25) is 11.8 Å². The maximum absolute atomic E-state index is 13.2. The van der Waals surface area contributed by atoms with Crippen LogP contribution in [0.25, 0.3) is 0 Å². The van der Waals surface area contributed by atoms with Crippen LogP contribution in [0.3, 0.4) is 0 Å². The zero-order valence-corrected chi connectivity index (χ0v) is 19.6. The highest BCUT2D eigenvalue weighted by molar-refractivity contribution is 5.80. The van der Waals surface area contributed by atoms with Crippen molar-refractivity contribution in [3.05, 3.63) is 65.7 Å². The third-order valence-electron chi connectivity index (χ3n) is 6.79. The summed E-state index contributed by atoms with van der Waals surface area (Å²) in [6.45, 7) is 5.18. The molecule has 2 heterocycles. The van der Waals surface area contributed by atoms with E-state index in [2.05, 4.69) is 35.2 Å². The zero-order valence-electron chi connectivity index (χ0n) is 19.6. The molecule has 2 aliphatic heterocycles. The van der Waals surface area contributed by atoms with Crippen molar-refractivity contribution in [3.8, 4) is 0 Å². The van der Waals surface area contributed by atoms with Gasteiger partial charge in [-0.15, -0.1) is 0 Å². The predicted octanol–water partition coefficient (Wildman–Crippen LogP) is 3.35. The Labute approximate surface area is 197 Å². The highest BCUT2D eigenvalue weighted by Gasteiger charge is 2.29. The summed E-state index contributed by atoms with van der Waals surface area (Å²) in [5.74, 6) is 0.365. The highest BCUT2D eigenvalue weighted by atomic mass is 16.5. The summed E-state index contributed by atoms with van der Waals surface area (Å²) in [5, 5.41) is 0. The summed E-state index contributed by atoms with van der Waals surface area (Å²) in [6.07, 6.45) is 2.78. The van der Waals surface area contributed by atoms with Gasteiger partial charge in [0.25, 0.3) is 0 Å². The lowest BCUT2D eigenvalue weighted by Gasteiger charge is -2.34. The topological polar surface area (TPSA) is 53.1 Å².